The summed E-state index contributed by atoms with van der Waals surface area (Å²) in [5, 5.41) is -0.00939. The lowest BCUT2D eigenvalue weighted by molar-refractivity contribution is 0.101. The lowest BCUT2D eigenvalue weighted by Crippen LogP contribution is -2.16. The first-order chi connectivity index (χ1) is 10.9. The molecule has 0 radical (unpaired) electrons. The molecule has 0 bridgehead atoms. The third-order valence-corrected chi connectivity index (χ3v) is 4.21. The van der Waals surface area contributed by atoms with Crippen LogP contribution in [0.2, 0.25) is 0 Å². The fourth-order valence-corrected chi connectivity index (χ4v) is 3.03. The van der Waals surface area contributed by atoms with E-state index < -0.39 is 11.3 Å². The standard InChI is InChI=1S/C17H11BrO5/c1-8(19)14-9(2)22-16(20)15-11(14)7-13(23-17(15)21)10-5-3-4-6-12(10)18/h3-7H,1-2H3. The first kappa shape index (κ1) is 15.4. The van der Waals surface area contributed by atoms with Gasteiger partial charge in [0.2, 0.25) is 0 Å². The first-order valence-electron chi connectivity index (χ1n) is 6.77. The summed E-state index contributed by atoms with van der Waals surface area (Å²) >= 11 is 3.39. The minimum atomic E-state index is -0.829. The van der Waals surface area contributed by atoms with Gasteiger partial charge in [-0.2, -0.15) is 0 Å². The predicted molar refractivity (Wildman–Crippen MR) is 88.9 cm³/mol. The van der Waals surface area contributed by atoms with E-state index in [1.54, 1.807) is 18.2 Å². The number of carbonyl (C=O) groups is 1. The molecule has 0 amide bonds. The molecular formula is C17H11BrO5. The monoisotopic (exact) mass is 374 g/mol. The van der Waals surface area contributed by atoms with Crippen LogP contribution in [0.1, 0.15) is 23.0 Å². The summed E-state index contributed by atoms with van der Waals surface area (Å²) in [6, 6.07) is 8.71. The normalized spacial score (nSPS) is 10.9. The van der Waals surface area contributed by atoms with Gasteiger partial charge in [0.1, 0.15) is 11.5 Å². The zero-order valence-electron chi connectivity index (χ0n) is 12.3. The van der Waals surface area contributed by atoms with E-state index >= 15 is 0 Å². The van der Waals surface area contributed by atoms with Crippen molar-refractivity contribution in [3.8, 4) is 11.3 Å². The Kier molecular flexibility index (Phi) is 3.77. The zero-order chi connectivity index (χ0) is 16.7. The van der Waals surface area contributed by atoms with Crippen molar-refractivity contribution < 1.29 is 13.6 Å². The molecule has 0 aliphatic heterocycles. The van der Waals surface area contributed by atoms with Gasteiger partial charge in [0.05, 0.1) is 5.56 Å². The van der Waals surface area contributed by atoms with Gasteiger partial charge in [-0.3, -0.25) is 4.79 Å². The maximum atomic E-state index is 12.2. The van der Waals surface area contributed by atoms with Crippen molar-refractivity contribution in [1.82, 2.24) is 0 Å². The van der Waals surface area contributed by atoms with Crippen LogP contribution in [0.15, 0.2) is 53.2 Å². The van der Waals surface area contributed by atoms with Crippen LogP contribution in [-0.4, -0.2) is 5.78 Å². The Labute approximate surface area is 138 Å². The third kappa shape index (κ3) is 2.55. The largest absolute Gasteiger partial charge is 0.427 e. The Morgan fingerprint density at radius 2 is 1.74 bits per heavy atom. The summed E-state index contributed by atoms with van der Waals surface area (Å²) in [7, 11) is 0. The molecule has 3 rings (SSSR count). The SMILES string of the molecule is CC(=O)c1c(C)oc(=O)c2c(=O)oc(-c3ccccc3Br)cc12. The summed E-state index contributed by atoms with van der Waals surface area (Å²) in [5.41, 5.74) is -0.785. The molecule has 0 spiro atoms. The van der Waals surface area contributed by atoms with Gasteiger partial charge >= 0.3 is 11.3 Å². The minimum Gasteiger partial charge on any atom is -0.427 e. The van der Waals surface area contributed by atoms with Gasteiger partial charge < -0.3 is 8.83 Å². The third-order valence-electron chi connectivity index (χ3n) is 3.51. The minimum absolute atomic E-state index is 0.179. The van der Waals surface area contributed by atoms with Crippen LogP contribution >= 0.6 is 15.9 Å². The summed E-state index contributed by atoms with van der Waals surface area (Å²) in [6.45, 7) is 2.87. The number of aryl methyl sites for hydroxylation is 1. The molecule has 1 aromatic carbocycles. The summed E-state index contributed by atoms with van der Waals surface area (Å²) < 4.78 is 11.0. The van der Waals surface area contributed by atoms with Crippen molar-refractivity contribution in [3.63, 3.8) is 0 Å². The molecular weight excluding hydrogens is 364 g/mol. The van der Waals surface area contributed by atoms with Gasteiger partial charge in [0.25, 0.3) is 0 Å². The molecule has 0 unspecified atom stereocenters. The quantitative estimate of drug-likeness (QED) is 0.639. The van der Waals surface area contributed by atoms with Crippen LogP contribution < -0.4 is 11.3 Å². The van der Waals surface area contributed by atoms with E-state index in [1.807, 2.05) is 6.07 Å². The van der Waals surface area contributed by atoms with Crippen molar-refractivity contribution in [2.45, 2.75) is 13.8 Å². The van der Waals surface area contributed by atoms with Gasteiger partial charge in [-0.25, -0.2) is 9.59 Å². The van der Waals surface area contributed by atoms with Crippen molar-refractivity contribution in [1.29, 1.82) is 0 Å². The number of carbonyl (C=O) groups excluding carboxylic acids is 1. The smallest absolute Gasteiger partial charge is 0.351 e. The van der Waals surface area contributed by atoms with E-state index in [-0.39, 0.29) is 33.6 Å². The molecule has 23 heavy (non-hydrogen) atoms. The van der Waals surface area contributed by atoms with Gasteiger partial charge in [-0.05, 0) is 26.0 Å². The van der Waals surface area contributed by atoms with E-state index in [4.69, 9.17) is 8.83 Å². The molecule has 0 aliphatic carbocycles. The van der Waals surface area contributed by atoms with E-state index in [1.165, 1.54) is 19.9 Å². The van der Waals surface area contributed by atoms with Crippen LogP contribution in [0.4, 0.5) is 0 Å². The number of Topliss-reactive ketones (excluding diaryl/α,β-unsaturated/α-hetero) is 1. The lowest BCUT2D eigenvalue weighted by atomic mass is 10.0. The highest BCUT2D eigenvalue weighted by molar-refractivity contribution is 9.10. The van der Waals surface area contributed by atoms with Crippen molar-refractivity contribution in [2.24, 2.45) is 0 Å². The summed E-state index contributed by atoms with van der Waals surface area (Å²) in [4.78, 5) is 36.1. The maximum absolute atomic E-state index is 12.2. The Hall–Kier alpha value is -2.47. The Morgan fingerprint density at radius 1 is 1.09 bits per heavy atom. The number of rotatable bonds is 2. The molecule has 5 nitrogen and oxygen atoms in total. The predicted octanol–water partition coefficient (Wildman–Crippen LogP) is 3.69. The molecule has 2 aromatic heterocycles. The zero-order valence-corrected chi connectivity index (χ0v) is 13.9. The van der Waals surface area contributed by atoms with Crippen LogP contribution in [0.25, 0.3) is 22.1 Å². The van der Waals surface area contributed by atoms with E-state index in [0.29, 0.717) is 5.56 Å². The molecule has 0 atom stereocenters. The maximum Gasteiger partial charge on any atom is 0.351 e. The fraction of sp³-hybridized carbons (Fsp3) is 0.118. The van der Waals surface area contributed by atoms with Gasteiger partial charge in [0, 0.05) is 15.4 Å². The summed E-state index contributed by atoms with van der Waals surface area (Å²) in [5.74, 6) is 0.154. The Balaban J connectivity index is 2.49. The number of benzene rings is 1. The van der Waals surface area contributed by atoms with E-state index in [2.05, 4.69) is 15.9 Å². The average Bonchev–Trinajstić information content (AvgIpc) is 2.46. The molecule has 2 heterocycles. The van der Waals surface area contributed by atoms with Crippen LogP contribution in [0.5, 0.6) is 0 Å². The van der Waals surface area contributed by atoms with Crippen LogP contribution in [0.3, 0.4) is 0 Å². The molecule has 0 saturated carbocycles. The molecule has 6 heteroatoms. The fourth-order valence-electron chi connectivity index (χ4n) is 2.55. The van der Waals surface area contributed by atoms with Crippen molar-refractivity contribution in [3.05, 3.63) is 67.0 Å². The van der Waals surface area contributed by atoms with Crippen LogP contribution in [0, 0.1) is 6.92 Å². The molecule has 0 N–H and O–H groups in total. The van der Waals surface area contributed by atoms with Crippen LogP contribution in [-0.2, 0) is 0 Å². The molecule has 0 aliphatic rings. The van der Waals surface area contributed by atoms with E-state index in [9.17, 15) is 14.4 Å². The number of ketones is 1. The second-order valence-electron chi connectivity index (χ2n) is 5.04. The Bertz CT molecular complexity index is 1060. The highest BCUT2D eigenvalue weighted by Gasteiger charge is 2.20. The lowest BCUT2D eigenvalue weighted by Gasteiger charge is -2.08. The van der Waals surface area contributed by atoms with Gasteiger partial charge in [-0.15, -0.1) is 0 Å². The summed E-state index contributed by atoms with van der Waals surface area (Å²) in [6.07, 6.45) is 0. The average molecular weight is 375 g/mol. The molecule has 116 valence electrons. The topological polar surface area (TPSA) is 77.5 Å². The van der Waals surface area contributed by atoms with Crippen molar-refractivity contribution >= 4 is 32.5 Å². The highest BCUT2D eigenvalue weighted by atomic mass is 79.9. The van der Waals surface area contributed by atoms with Gasteiger partial charge in [-0.1, -0.05) is 34.1 Å². The number of halogens is 1. The first-order valence-corrected chi connectivity index (χ1v) is 7.57. The Morgan fingerprint density at radius 3 is 2.39 bits per heavy atom. The van der Waals surface area contributed by atoms with Crippen molar-refractivity contribution in [2.75, 3.05) is 0 Å². The van der Waals surface area contributed by atoms with E-state index in [0.717, 1.165) is 4.47 Å². The highest BCUT2D eigenvalue weighted by Crippen LogP contribution is 2.30. The second kappa shape index (κ2) is 5.62. The molecule has 3 aromatic rings. The number of hydrogen-bond acceptors (Lipinski definition) is 5. The second-order valence-corrected chi connectivity index (χ2v) is 5.90. The van der Waals surface area contributed by atoms with Gasteiger partial charge in [0.15, 0.2) is 11.2 Å². The number of fused-ring (bicyclic) bond motifs is 1. The molecule has 0 fully saturated rings. The number of hydrogen-bond donors (Lipinski definition) is 0. The molecule has 0 saturated heterocycles.